The molecule has 4 heteroatoms. The summed E-state index contributed by atoms with van der Waals surface area (Å²) in [6.07, 6.45) is 0. The summed E-state index contributed by atoms with van der Waals surface area (Å²) in [5.41, 5.74) is 4.80. The second kappa shape index (κ2) is 6.30. The van der Waals surface area contributed by atoms with Crippen molar-refractivity contribution in [3.8, 4) is 0 Å². The number of likely N-dealkylation sites (N-methyl/N-ethyl adjacent to an activating group) is 1. The first-order valence-corrected chi connectivity index (χ1v) is 6.20. The molecule has 0 aromatic carbocycles. The third-order valence-electron chi connectivity index (χ3n) is 1.95. The molecular formula is C10H22N2OS. The van der Waals surface area contributed by atoms with Crippen LogP contribution in [0.25, 0.3) is 0 Å². The van der Waals surface area contributed by atoms with Gasteiger partial charge in [0.1, 0.15) is 5.54 Å². The molecule has 0 aliphatic heterocycles. The normalized spacial score (nSPS) is 15.5. The van der Waals surface area contributed by atoms with E-state index in [0.717, 1.165) is 18.1 Å². The zero-order valence-corrected chi connectivity index (χ0v) is 10.4. The molecule has 1 atom stereocenters. The fourth-order valence-corrected chi connectivity index (χ4v) is 2.34. The molecule has 0 aliphatic rings. The van der Waals surface area contributed by atoms with Gasteiger partial charge in [0.15, 0.2) is 0 Å². The molecule has 14 heavy (non-hydrogen) atoms. The maximum absolute atomic E-state index is 11.2. The van der Waals surface area contributed by atoms with Gasteiger partial charge in [-0.2, -0.15) is 11.8 Å². The summed E-state index contributed by atoms with van der Waals surface area (Å²) in [6, 6.07) is 0. The summed E-state index contributed by atoms with van der Waals surface area (Å²) in [7, 11) is 0. The molecule has 0 aliphatic carbocycles. The van der Waals surface area contributed by atoms with Crippen molar-refractivity contribution in [2.45, 2.75) is 33.2 Å². The van der Waals surface area contributed by atoms with Gasteiger partial charge in [-0.25, -0.2) is 0 Å². The van der Waals surface area contributed by atoms with Crippen molar-refractivity contribution >= 4 is 17.7 Å². The van der Waals surface area contributed by atoms with Crippen LogP contribution in [0.1, 0.15) is 27.7 Å². The van der Waals surface area contributed by atoms with E-state index in [0.29, 0.717) is 5.92 Å². The molecule has 0 aromatic rings. The van der Waals surface area contributed by atoms with Gasteiger partial charge in [-0.3, -0.25) is 4.79 Å². The molecule has 3 nitrogen and oxygen atoms in total. The van der Waals surface area contributed by atoms with Crippen LogP contribution in [0.15, 0.2) is 0 Å². The summed E-state index contributed by atoms with van der Waals surface area (Å²) in [6.45, 7) is 8.95. The Morgan fingerprint density at radius 1 is 1.57 bits per heavy atom. The third kappa shape index (κ3) is 4.86. The van der Waals surface area contributed by atoms with Gasteiger partial charge in [0.25, 0.3) is 0 Å². The quantitative estimate of drug-likeness (QED) is 0.676. The predicted octanol–water partition coefficient (Wildman–Crippen LogP) is 1.23. The molecular weight excluding hydrogens is 196 g/mol. The van der Waals surface area contributed by atoms with Crippen LogP contribution in [0, 0.1) is 5.92 Å². The molecule has 0 spiro atoms. The lowest BCUT2D eigenvalue weighted by atomic mass is 10.1. The Morgan fingerprint density at radius 3 is 2.50 bits per heavy atom. The standard InChI is InChI=1S/C10H22N2OS/c1-5-12-10(4,9(11)13)7-14-6-8(2)3/h8,12H,5-7H2,1-4H3,(H2,11,13). The Labute approximate surface area is 91.2 Å². The van der Waals surface area contributed by atoms with Gasteiger partial charge in [0.2, 0.25) is 5.91 Å². The zero-order chi connectivity index (χ0) is 11.2. The lowest BCUT2D eigenvalue weighted by molar-refractivity contribution is -0.122. The van der Waals surface area contributed by atoms with Crippen LogP contribution in [0.5, 0.6) is 0 Å². The number of rotatable bonds is 7. The molecule has 0 bridgehead atoms. The number of carbonyl (C=O) groups is 1. The average molecular weight is 218 g/mol. The number of primary amides is 1. The summed E-state index contributed by atoms with van der Waals surface area (Å²) in [5.74, 6) is 2.19. The smallest absolute Gasteiger partial charge is 0.238 e. The van der Waals surface area contributed by atoms with Crippen molar-refractivity contribution in [3.63, 3.8) is 0 Å². The van der Waals surface area contributed by atoms with Crippen LogP contribution >= 0.6 is 11.8 Å². The molecule has 0 radical (unpaired) electrons. The number of hydrogen-bond acceptors (Lipinski definition) is 3. The zero-order valence-electron chi connectivity index (χ0n) is 9.59. The minimum Gasteiger partial charge on any atom is -0.368 e. The van der Waals surface area contributed by atoms with Gasteiger partial charge in [0.05, 0.1) is 0 Å². The fourth-order valence-electron chi connectivity index (χ4n) is 1.10. The molecule has 0 rings (SSSR count). The SMILES string of the molecule is CCNC(C)(CSCC(C)C)C(N)=O. The Hall–Kier alpha value is -0.220. The number of hydrogen-bond donors (Lipinski definition) is 2. The van der Waals surface area contributed by atoms with E-state index in [1.165, 1.54) is 0 Å². The van der Waals surface area contributed by atoms with E-state index in [1.807, 2.05) is 13.8 Å². The summed E-state index contributed by atoms with van der Waals surface area (Å²) in [4.78, 5) is 11.2. The molecule has 3 N–H and O–H groups in total. The number of nitrogens with two attached hydrogens (primary N) is 1. The van der Waals surface area contributed by atoms with Crippen molar-refractivity contribution in [2.24, 2.45) is 11.7 Å². The summed E-state index contributed by atoms with van der Waals surface area (Å²) >= 11 is 1.77. The Balaban J connectivity index is 4.03. The van der Waals surface area contributed by atoms with Crippen LogP contribution < -0.4 is 11.1 Å². The number of amides is 1. The Bertz CT molecular complexity index is 185. The average Bonchev–Trinajstić information content (AvgIpc) is 2.03. The lowest BCUT2D eigenvalue weighted by Crippen LogP contribution is -2.55. The predicted molar refractivity (Wildman–Crippen MR) is 63.4 cm³/mol. The van der Waals surface area contributed by atoms with Crippen LogP contribution in [0.3, 0.4) is 0 Å². The highest BCUT2D eigenvalue weighted by Gasteiger charge is 2.29. The minimum atomic E-state index is -0.561. The molecule has 0 aromatic heterocycles. The highest BCUT2D eigenvalue weighted by Crippen LogP contribution is 2.15. The number of thioether (sulfide) groups is 1. The van der Waals surface area contributed by atoms with Gasteiger partial charge in [-0.05, 0) is 25.1 Å². The van der Waals surface area contributed by atoms with Crippen LogP contribution in [0.2, 0.25) is 0 Å². The molecule has 0 saturated carbocycles. The van der Waals surface area contributed by atoms with Crippen LogP contribution in [0.4, 0.5) is 0 Å². The van der Waals surface area contributed by atoms with Crippen LogP contribution in [-0.4, -0.2) is 29.5 Å². The van der Waals surface area contributed by atoms with Crippen molar-refractivity contribution < 1.29 is 4.79 Å². The molecule has 1 amide bonds. The monoisotopic (exact) mass is 218 g/mol. The van der Waals surface area contributed by atoms with Crippen LogP contribution in [-0.2, 0) is 4.79 Å². The molecule has 1 unspecified atom stereocenters. The molecule has 0 heterocycles. The number of nitrogens with one attached hydrogen (secondary N) is 1. The van der Waals surface area contributed by atoms with E-state index in [9.17, 15) is 4.79 Å². The van der Waals surface area contributed by atoms with E-state index in [4.69, 9.17) is 5.73 Å². The Kier molecular flexibility index (Phi) is 6.20. The molecule has 0 fully saturated rings. The lowest BCUT2D eigenvalue weighted by Gasteiger charge is -2.26. The largest absolute Gasteiger partial charge is 0.368 e. The fraction of sp³-hybridized carbons (Fsp3) is 0.900. The Morgan fingerprint density at radius 2 is 2.14 bits per heavy atom. The van der Waals surface area contributed by atoms with E-state index >= 15 is 0 Å². The molecule has 0 saturated heterocycles. The minimum absolute atomic E-state index is 0.268. The van der Waals surface area contributed by atoms with E-state index in [2.05, 4.69) is 19.2 Å². The first-order chi connectivity index (χ1) is 6.42. The summed E-state index contributed by atoms with van der Waals surface area (Å²) < 4.78 is 0. The van der Waals surface area contributed by atoms with E-state index in [1.54, 1.807) is 11.8 Å². The highest BCUT2D eigenvalue weighted by molar-refractivity contribution is 7.99. The van der Waals surface area contributed by atoms with E-state index in [-0.39, 0.29) is 5.91 Å². The second-order valence-electron chi connectivity index (χ2n) is 4.14. The van der Waals surface area contributed by atoms with Gasteiger partial charge in [-0.1, -0.05) is 20.8 Å². The van der Waals surface area contributed by atoms with Crippen molar-refractivity contribution in [3.05, 3.63) is 0 Å². The van der Waals surface area contributed by atoms with Gasteiger partial charge in [-0.15, -0.1) is 0 Å². The van der Waals surface area contributed by atoms with Crippen molar-refractivity contribution in [1.82, 2.24) is 5.32 Å². The van der Waals surface area contributed by atoms with Gasteiger partial charge < -0.3 is 11.1 Å². The van der Waals surface area contributed by atoms with E-state index < -0.39 is 5.54 Å². The van der Waals surface area contributed by atoms with Gasteiger partial charge in [0, 0.05) is 5.75 Å². The first-order valence-electron chi connectivity index (χ1n) is 5.05. The second-order valence-corrected chi connectivity index (χ2v) is 5.17. The summed E-state index contributed by atoms with van der Waals surface area (Å²) in [5, 5.41) is 3.14. The number of carbonyl (C=O) groups excluding carboxylic acids is 1. The molecule has 84 valence electrons. The maximum atomic E-state index is 11.2. The van der Waals surface area contributed by atoms with Crippen molar-refractivity contribution in [1.29, 1.82) is 0 Å². The third-order valence-corrected chi connectivity index (χ3v) is 3.64. The van der Waals surface area contributed by atoms with Crippen molar-refractivity contribution in [2.75, 3.05) is 18.1 Å². The topological polar surface area (TPSA) is 55.1 Å². The highest BCUT2D eigenvalue weighted by atomic mass is 32.2. The maximum Gasteiger partial charge on any atom is 0.238 e. The van der Waals surface area contributed by atoms with Gasteiger partial charge >= 0.3 is 0 Å². The first kappa shape index (κ1) is 13.8.